The Morgan fingerprint density at radius 3 is 2.82 bits per heavy atom. The maximum Gasteiger partial charge on any atom is 0.142 e. The van der Waals surface area contributed by atoms with Crippen molar-refractivity contribution < 1.29 is 9.53 Å². The number of nitrogens with two attached hydrogens (primary N) is 1. The number of ketones is 1. The zero-order valence-corrected chi connectivity index (χ0v) is 13.5. The van der Waals surface area contributed by atoms with Crippen LogP contribution in [0.15, 0.2) is 12.1 Å². The lowest BCUT2D eigenvalue weighted by Crippen LogP contribution is -2.42. The fraction of sp³-hybridized carbons (Fsp3) is 0.632. The number of fused-ring (bicyclic) bond motifs is 5. The summed E-state index contributed by atoms with van der Waals surface area (Å²) in [6, 6.07) is 4.28. The van der Waals surface area contributed by atoms with Crippen LogP contribution < -0.4 is 10.5 Å². The Morgan fingerprint density at radius 2 is 2.05 bits per heavy atom. The molecule has 0 unspecified atom stereocenters. The molecule has 0 saturated heterocycles. The van der Waals surface area contributed by atoms with E-state index in [4.69, 9.17) is 10.5 Å². The lowest BCUT2D eigenvalue weighted by molar-refractivity contribution is -0.129. The van der Waals surface area contributed by atoms with Crippen molar-refractivity contribution in [3.05, 3.63) is 23.3 Å². The first kappa shape index (κ1) is 14.1. The Kier molecular flexibility index (Phi) is 3.04. The number of aryl methyl sites for hydroxylation is 1. The van der Waals surface area contributed by atoms with Crippen LogP contribution in [0.2, 0.25) is 0 Å². The molecule has 0 heterocycles. The summed E-state index contributed by atoms with van der Waals surface area (Å²) >= 11 is 0. The van der Waals surface area contributed by atoms with E-state index in [0.29, 0.717) is 23.5 Å². The van der Waals surface area contributed by atoms with Gasteiger partial charge in [-0.25, -0.2) is 0 Å². The van der Waals surface area contributed by atoms with Crippen LogP contribution in [0, 0.1) is 17.3 Å². The van der Waals surface area contributed by atoms with Crippen molar-refractivity contribution in [2.24, 2.45) is 17.3 Å². The summed E-state index contributed by atoms with van der Waals surface area (Å²) in [5.41, 5.74) is 9.69. The fourth-order valence-electron chi connectivity index (χ4n) is 5.56. The third-order valence-corrected chi connectivity index (χ3v) is 6.78. The Hall–Kier alpha value is -1.51. The third-order valence-electron chi connectivity index (χ3n) is 6.78. The van der Waals surface area contributed by atoms with Crippen LogP contribution in [0.25, 0.3) is 0 Å². The molecule has 4 rings (SSSR count). The van der Waals surface area contributed by atoms with E-state index < -0.39 is 0 Å². The normalized spacial score (nSPS) is 36.5. The smallest absolute Gasteiger partial charge is 0.142 e. The highest BCUT2D eigenvalue weighted by molar-refractivity contribution is 5.87. The summed E-state index contributed by atoms with van der Waals surface area (Å²) in [6.07, 6.45) is 6.36. The predicted octanol–water partition coefficient (Wildman–Crippen LogP) is 3.70. The second-order valence-electron chi connectivity index (χ2n) is 7.63. The van der Waals surface area contributed by atoms with Gasteiger partial charge in [-0.3, -0.25) is 4.79 Å². The van der Waals surface area contributed by atoms with E-state index in [0.717, 1.165) is 43.5 Å². The second kappa shape index (κ2) is 4.74. The van der Waals surface area contributed by atoms with Gasteiger partial charge in [0.2, 0.25) is 0 Å². The molecular formula is C19H25NO2. The van der Waals surface area contributed by atoms with Gasteiger partial charge in [-0.1, -0.05) is 6.92 Å². The van der Waals surface area contributed by atoms with E-state index in [1.165, 1.54) is 17.5 Å². The molecule has 0 aromatic heterocycles. The van der Waals surface area contributed by atoms with Gasteiger partial charge in [0.25, 0.3) is 0 Å². The molecule has 22 heavy (non-hydrogen) atoms. The van der Waals surface area contributed by atoms with E-state index in [1.807, 2.05) is 0 Å². The minimum Gasteiger partial charge on any atom is -0.495 e. The summed E-state index contributed by atoms with van der Waals surface area (Å²) in [7, 11) is 1.68. The Labute approximate surface area is 132 Å². The van der Waals surface area contributed by atoms with Gasteiger partial charge < -0.3 is 10.5 Å². The molecule has 0 aliphatic heterocycles. The molecule has 0 bridgehead atoms. The Bertz CT molecular complexity index is 639. The minimum absolute atomic E-state index is 0.0450. The van der Waals surface area contributed by atoms with E-state index >= 15 is 0 Å². The van der Waals surface area contributed by atoms with Crippen molar-refractivity contribution in [2.75, 3.05) is 12.8 Å². The molecule has 0 amide bonds. The molecule has 0 spiro atoms. The number of hydrogen-bond acceptors (Lipinski definition) is 3. The molecule has 3 nitrogen and oxygen atoms in total. The lowest BCUT2D eigenvalue weighted by atomic mass is 9.55. The molecule has 2 saturated carbocycles. The SMILES string of the molecule is COc1cc2c(cc1N)[C@H]1CC[C@]3(C)C(=O)CC[C@H]3[C@@H]1CC2. The van der Waals surface area contributed by atoms with Crippen LogP contribution in [0.5, 0.6) is 5.75 Å². The van der Waals surface area contributed by atoms with Crippen molar-refractivity contribution in [1.29, 1.82) is 0 Å². The summed E-state index contributed by atoms with van der Waals surface area (Å²) < 4.78 is 5.38. The van der Waals surface area contributed by atoms with Crippen LogP contribution in [0.1, 0.15) is 56.1 Å². The maximum atomic E-state index is 12.4. The summed E-state index contributed by atoms with van der Waals surface area (Å²) in [5.74, 6) is 3.13. The van der Waals surface area contributed by atoms with Crippen LogP contribution >= 0.6 is 0 Å². The van der Waals surface area contributed by atoms with Crippen LogP contribution in [-0.4, -0.2) is 12.9 Å². The van der Waals surface area contributed by atoms with Crippen LogP contribution in [0.3, 0.4) is 0 Å². The van der Waals surface area contributed by atoms with E-state index in [-0.39, 0.29) is 5.41 Å². The summed E-state index contributed by atoms with van der Waals surface area (Å²) in [4.78, 5) is 12.4. The Morgan fingerprint density at radius 1 is 1.23 bits per heavy atom. The number of benzene rings is 1. The highest BCUT2D eigenvalue weighted by Crippen LogP contribution is 2.59. The summed E-state index contributed by atoms with van der Waals surface area (Å²) in [6.45, 7) is 2.22. The lowest BCUT2D eigenvalue weighted by Gasteiger charge is -2.48. The first-order valence-corrected chi connectivity index (χ1v) is 8.54. The molecule has 4 atom stereocenters. The summed E-state index contributed by atoms with van der Waals surface area (Å²) in [5, 5.41) is 0. The van der Waals surface area contributed by atoms with Gasteiger partial charge in [0, 0.05) is 11.8 Å². The zero-order chi connectivity index (χ0) is 15.5. The number of ether oxygens (including phenoxy) is 1. The van der Waals surface area contributed by atoms with Crippen molar-refractivity contribution in [2.45, 2.75) is 51.4 Å². The van der Waals surface area contributed by atoms with Gasteiger partial charge in [0.05, 0.1) is 12.8 Å². The highest BCUT2D eigenvalue weighted by atomic mass is 16.5. The number of methoxy groups -OCH3 is 1. The molecule has 3 heteroatoms. The second-order valence-corrected chi connectivity index (χ2v) is 7.63. The molecule has 2 N–H and O–H groups in total. The molecule has 2 fully saturated rings. The maximum absolute atomic E-state index is 12.4. The molecule has 118 valence electrons. The number of Topliss-reactive ketones (excluding diaryl/α,β-unsaturated/α-hetero) is 1. The van der Waals surface area contributed by atoms with Gasteiger partial charge in [-0.05, 0) is 73.1 Å². The zero-order valence-electron chi connectivity index (χ0n) is 13.5. The van der Waals surface area contributed by atoms with Crippen molar-refractivity contribution >= 4 is 11.5 Å². The Balaban J connectivity index is 1.73. The molecular weight excluding hydrogens is 274 g/mol. The third kappa shape index (κ3) is 1.77. The number of nitrogen functional groups attached to an aromatic ring is 1. The molecule has 1 aromatic rings. The standard InChI is InChI=1S/C19H25NO2/c1-19-8-7-12-13(15(19)5-6-18(19)21)4-3-11-9-17(22-2)16(20)10-14(11)12/h9-10,12-13,15H,3-8,20H2,1-2H3/t12-,13+,15-,19-/m0/s1. The van der Waals surface area contributed by atoms with Crippen molar-refractivity contribution in [3.8, 4) is 5.75 Å². The average molecular weight is 299 g/mol. The van der Waals surface area contributed by atoms with Crippen molar-refractivity contribution in [1.82, 2.24) is 0 Å². The van der Waals surface area contributed by atoms with Gasteiger partial charge >= 0.3 is 0 Å². The van der Waals surface area contributed by atoms with Crippen molar-refractivity contribution in [3.63, 3.8) is 0 Å². The number of hydrogen-bond donors (Lipinski definition) is 1. The van der Waals surface area contributed by atoms with Crippen LogP contribution in [0.4, 0.5) is 5.69 Å². The topological polar surface area (TPSA) is 52.3 Å². The monoisotopic (exact) mass is 299 g/mol. The quantitative estimate of drug-likeness (QED) is 0.804. The molecule has 0 radical (unpaired) electrons. The van der Waals surface area contributed by atoms with Gasteiger partial charge in [-0.2, -0.15) is 0 Å². The molecule has 3 aliphatic carbocycles. The predicted molar refractivity (Wildman–Crippen MR) is 87.0 cm³/mol. The highest BCUT2D eigenvalue weighted by Gasteiger charge is 2.54. The fourth-order valence-corrected chi connectivity index (χ4v) is 5.56. The van der Waals surface area contributed by atoms with Gasteiger partial charge in [-0.15, -0.1) is 0 Å². The first-order chi connectivity index (χ1) is 10.5. The average Bonchev–Trinajstić information content (AvgIpc) is 2.82. The van der Waals surface area contributed by atoms with E-state index in [2.05, 4.69) is 19.1 Å². The molecule has 1 aromatic carbocycles. The number of rotatable bonds is 1. The number of carbonyl (C=O) groups excluding carboxylic acids is 1. The largest absolute Gasteiger partial charge is 0.495 e. The van der Waals surface area contributed by atoms with E-state index in [9.17, 15) is 4.79 Å². The number of carbonyl (C=O) groups is 1. The first-order valence-electron chi connectivity index (χ1n) is 8.54. The van der Waals surface area contributed by atoms with Crippen LogP contribution in [-0.2, 0) is 11.2 Å². The van der Waals surface area contributed by atoms with Gasteiger partial charge in [0.1, 0.15) is 11.5 Å². The van der Waals surface area contributed by atoms with Gasteiger partial charge in [0.15, 0.2) is 0 Å². The van der Waals surface area contributed by atoms with E-state index in [1.54, 1.807) is 7.11 Å². The minimum atomic E-state index is -0.0450. The molecule has 3 aliphatic rings. The number of anilines is 1.